The normalized spacial score (nSPS) is 16.3. The summed E-state index contributed by atoms with van der Waals surface area (Å²) in [5.74, 6) is 0.732. The lowest BCUT2D eigenvalue weighted by molar-refractivity contribution is 0.0829. The molecule has 0 saturated carbocycles. The molecule has 0 spiro atoms. The van der Waals surface area contributed by atoms with E-state index in [0.717, 1.165) is 5.75 Å². The van der Waals surface area contributed by atoms with Gasteiger partial charge in [0.2, 0.25) is 0 Å². The topological polar surface area (TPSA) is 32.3 Å². The minimum atomic E-state index is -0.689. The van der Waals surface area contributed by atoms with Crippen LogP contribution in [0.2, 0.25) is 0 Å². The number of fused-ring (bicyclic) bond motifs is 3. The molecule has 0 heterocycles. The van der Waals surface area contributed by atoms with Gasteiger partial charge in [-0.05, 0) is 35.4 Å². The highest BCUT2D eigenvalue weighted by Crippen LogP contribution is 2.43. The molecule has 0 radical (unpaired) electrons. The minimum Gasteiger partial charge on any atom is -0.388 e. The van der Waals surface area contributed by atoms with Gasteiger partial charge in [-0.15, -0.1) is 0 Å². The largest absolute Gasteiger partial charge is 0.388 e. The number of thioether (sulfide) groups is 1. The zero-order valence-corrected chi connectivity index (χ0v) is 13.3. The van der Waals surface area contributed by atoms with E-state index in [9.17, 15) is 5.11 Å². The highest BCUT2D eigenvalue weighted by molar-refractivity contribution is 7.98. The molecule has 2 nitrogen and oxygen atoms in total. The summed E-state index contributed by atoms with van der Waals surface area (Å²) in [4.78, 5) is 0. The van der Waals surface area contributed by atoms with Gasteiger partial charge < -0.3 is 10.4 Å². The van der Waals surface area contributed by atoms with E-state index in [1.54, 1.807) is 11.8 Å². The summed E-state index contributed by atoms with van der Waals surface area (Å²) < 4.78 is 0. The number of nitrogens with one attached hydrogen (secondary N) is 1. The van der Waals surface area contributed by atoms with E-state index in [-0.39, 0.29) is 6.04 Å². The zero-order chi connectivity index (χ0) is 14.9. The van der Waals surface area contributed by atoms with Crippen LogP contribution in [0.3, 0.4) is 0 Å². The molecule has 1 aliphatic carbocycles. The summed E-state index contributed by atoms with van der Waals surface area (Å²) in [5, 5.41) is 13.9. The highest BCUT2D eigenvalue weighted by atomic mass is 32.2. The Morgan fingerprint density at radius 2 is 1.57 bits per heavy atom. The molecule has 1 aliphatic rings. The Morgan fingerprint density at radius 3 is 2.10 bits per heavy atom. The molecule has 0 amide bonds. The summed E-state index contributed by atoms with van der Waals surface area (Å²) in [6.07, 6.45) is 2.02. The molecule has 21 heavy (non-hydrogen) atoms. The molecule has 2 aromatic carbocycles. The summed E-state index contributed by atoms with van der Waals surface area (Å²) in [7, 11) is 0. The van der Waals surface area contributed by atoms with Gasteiger partial charge in [0.05, 0.1) is 11.6 Å². The van der Waals surface area contributed by atoms with Gasteiger partial charge in [0, 0.05) is 12.3 Å². The van der Waals surface area contributed by atoms with E-state index in [1.807, 2.05) is 13.2 Å². The standard InChI is InChI=1S/C18H21NOS/c1-18(20,12-21-2)11-19-17-15-9-5-3-7-13(15)14-8-4-6-10-16(14)17/h3-10,17,19-20H,11-12H2,1-2H3. The molecule has 2 aromatic rings. The van der Waals surface area contributed by atoms with Gasteiger partial charge in [0.25, 0.3) is 0 Å². The van der Waals surface area contributed by atoms with Crippen LogP contribution in [0.4, 0.5) is 0 Å². The monoisotopic (exact) mass is 299 g/mol. The minimum absolute atomic E-state index is 0.172. The van der Waals surface area contributed by atoms with Crippen LogP contribution in [-0.2, 0) is 0 Å². The molecule has 0 aromatic heterocycles. The Bertz CT molecular complexity index is 593. The molecule has 0 fully saturated rings. The fourth-order valence-corrected chi connectivity index (χ4v) is 3.78. The molecule has 1 unspecified atom stereocenters. The summed E-state index contributed by atoms with van der Waals surface area (Å²) in [6, 6.07) is 17.2. The maximum atomic E-state index is 10.4. The SMILES string of the molecule is CSCC(C)(O)CNC1c2ccccc2-c2ccccc21. The fourth-order valence-electron chi connectivity index (χ4n) is 3.06. The van der Waals surface area contributed by atoms with Gasteiger partial charge in [0.1, 0.15) is 0 Å². The van der Waals surface area contributed by atoms with Gasteiger partial charge in [-0.3, -0.25) is 0 Å². The first kappa shape index (κ1) is 14.6. The van der Waals surface area contributed by atoms with Gasteiger partial charge in [-0.2, -0.15) is 11.8 Å². The Labute approximate surface area is 130 Å². The van der Waals surface area contributed by atoms with Crippen molar-refractivity contribution in [3.63, 3.8) is 0 Å². The van der Waals surface area contributed by atoms with Crippen molar-refractivity contribution in [2.24, 2.45) is 0 Å². The smallest absolute Gasteiger partial charge is 0.0833 e. The average molecular weight is 299 g/mol. The van der Waals surface area contributed by atoms with Crippen molar-refractivity contribution in [2.45, 2.75) is 18.6 Å². The van der Waals surface area contributed by atoms with E-state index in [4.69, 9.17) is 0 Å². The lowest BCUT2D eigenvalue weighted by Gasteiger charge is -2.26. The van der Waals surface area contributed by atoms with Crippen molar-refractivity contribution in [3.05, 3.63) is 59.7 Å². The molecular weight excluding hydrogens is 278 g/mol. The van der Waals surface area contributed by atoms with Crippen molar-refractivity contribution >= 4 is 11.8 Å². The molecule has 3 heteroatoms. The molecule has 0 bridgehead atoms. The number of hydrogen-bond acceptors (Lipinski definition) is 3. The van der Waals surface area contributed by atoms with Crippen molar-refractivity contribution in [1.82, 2.24) is 5.32 Å². The summed E-state index contributed by atoms with van der Waals surface area (Å²) in [6.45, 7) is 2.48. The molecule has 1 atom stereocenters. The molecule has 110 valence electrons. The first-order valence-corrected chi connectivity index (χ1v) is 8.65. The van der Waals surface area contributed by atoms with Crippen molar-refractivity contribution < 1.29 is 5.11 Å². The van der Waals surface area contributed by atoms with E-state index in [1.165, 1.54) is 22.3 Å². The first-order chi connectivity index (χ1) is 10.1. The van der Waals surface area contributed by atoms with Crippen LogP contribution in [-0.4, -0.2) is 29.3 Å². The van der Waals surface area contributed by atoms with Gasteiger partial charge in [-0.1, -0.05) is 48.5 Å². The predicted octanol–water partition coefficient (Wildman–Crippen LogP) is 3.46. The van der Waals surface area contributed by atoms with Crippen molar-refractivity contribution in [1.29, 1.82) is 0 Å². The van der Waals surface area contributed by atoms with E-state index >= 15 is 0 Å². The van der Waals surface area contributed by atoms with Gasteiger partial charge in [-0.25, -0.2) is 0 Å². The van der Waals surface area contributed by atoms with Crippen molar-refractivity contribution in [3.8, 4) is 11.1 Å². The van der Waals surface area contributed by atoms with Crippen LogP contribution in [0.1, 0.15) is 24.1 Å². The number of aliphatic hydroxyl groups is 1. The quantitative estimate of drug-likeness (QED) is 0.887. The van der Waals surface area contributed by atoms with Crippen LogP contribution in [0.15, 0.2) is 48.5 Å². The Balaban J connectivity index is 1.89. The maximum absolute atomic E-state index is 10.4. The molecular formula is C18H21NOS. The third-order valence-corrected chi connectivity index (χ3v) is 4.89. The molecule has 0 saturated heterocycles. The van der Waals surface area contributed by atoms with Crippen LogP contribution >= 0.6 is 11.8 Å². The van der Waals surface area contributed by atoms with Crippen LogP contribution in [0.5, 0.6) is 0 Å². The van der Waals surface area contributed by atoms with Gasteiger partial charge >= 0.3 is 0 Å². The Kier molecular flexibility index (Phi) is 4.07. The third-order valence-electron chi connectivity index (χ3n) is 3.98. The number of hydrogen-bond donors (Lipinski definition) is 2. The fraction of sp³-hybridized carbons (Fsp3) is 0.333. The van der Waals surface area contributed by atoms with E-state index in [0.29, 0.717) is 6.54 Å². The van der Waals surface area contributed by atoms with Crippen molar-refractivity contribution in [2.75, 3.05) is 18.6 Å². The summed E-state index contributed by atoms with van der Waals surface area (Å²) >= 11 is 1.67. The highest BCUT2D eigenvalue weighted by Gasteiger charge is 2.29. The number of benzene rings is 2. The summed E-state index contributed by atoms with van der Waals surface area (Å²) in [5.41, 5.74) is 4.52. The van der Waals surface area contributed by atoms with Crippen LogP contribution in [0, 0.1) is 0 Å². The second kappa shape index (κ2) is 5.84. The second-order valence-electron chi connectivity index (χ2n) is 5.92. The van der Waals surface area contributed by atoms with Gasteiger partial charge in [0.15, 0.2) is 0 Å². The first-order valence-electron chi connectivity index (χ1n) is 7.25. The molecule has 3 rings (SSSR count). The third kappa shape index (κ3) is 2.86. The predicted molar refractivity (Wildman–Crippen MR) is 90.7 cm³/mol. The Morgan fingerprint density at radius 1 is 1.05 bits per heavy atom. The lowest BCUT2D eigenvalue weighted by atomic mass is 10.0. The second-order valence-corrected chi connectivity index (χ2v) is 6.78. The van der Waals surface area contributed by atoms with E-state index < -0.39 is 5.60 Å². The lowest BCUT2D eigenvalue weighted by Crippen LogP contribution is -2.41. The van der Waals surface area contributed by atoms with Crippen LogP contribution < -0.4 is 5.32 Å². The maximum Gasteiger partial charge on any atom is 0.0833 e. The van der Waals surface area contributed by atoms with Crippen LogP contribution in [0.25, 0.3) is 11.1 Å². The molecule has 0 aliphatic heterocycles. The zero-order valence-electron chi connectivity index (χ0n) is 12.5. The Hall–Kier alpha value is -1.29. The average Bonchev–Trinajstić information content (AvgIpc) is 2.79. The van der Waals surface area contributed by atoms with E-state index in [2.05, 4.69) is 53.8 Å². The number of rotatable bonds is 5. The molecule has 2 N–H and O–H groups in total.